The SMILES string of the molecule is COCCC(C)(C)CNc1ncnc2ccsc12. The van der Waals surface area contributed by atoms with Crippen LogP contribution in [-0.2, 0) is 4.74 Å². The maximum atomic E-state index is 5.14. The molecule has 0 radical (unpaired) electrons. The highest BCUT2D eigenvalue weighted by molar-refractivity contribution is 7.17. The van der Waals surface area contributed by atoms with E-state index in [0.29, 0.717) is 0 Å². The van der Waals surface area contributed by atoms with Gasteiger partial charge in [0.2, 0.25) is 0 Å². The van der Waals surface area contributed by atoms with Gasteiger partial charge in [-0.1, -0.05) is 13.8 Å². The van der Waals surface area contributed by atoms with Crippen molar-refractivity contribution in [2.45, 2.75) is 20.3 Å². The molecule has 0 aliphatic rings. The van der Waals surface area contributed by atoms with E-state index in [1.54, 1.807) is 24.8 Å². The average molecular weight is 265 g/mol. The summed E-state index contributed by atoms with van der Waals surface area (Å²) in [5, 5.41) is 5.47. The zero-order valence-electron chi connectivity index (χ0n) is 11.1. The highest BCUT2D eigenvalue weighted by Gasteiger charge is 2.18. The third kappa shape index (κ3) is 3.17. The van der Waals surface area contributed by atoms with Crippen LogP contribution in [0.3, 0.4) is 0 Å². The molecule has 2 heterocycles. The average Bonchev–Trinajstić information content (AvgIpc) is 2.82. The van der Waals surface area contributed by atoms with Crippen LogP contribution < -0.4 is 5.32 Å². The topological polar surface area (TPSA) is 47.0 Å². The van der Waals surface area contributed by atoms with Gasteiger partial charge in [-0.15, -0.1) is 11.3 Å². The van der Waals surface area contributed by atoms with E-state index in [4.69, 9.17) is 4.74 Å². The summed E-state index contributed by atoms with van der Waals surface area (Å²) in [5.74, 6) is 0.931. The third-order valence-corrected chi connectivity index (χ3v) is 3.87. The van der Waals surface area contributed by atoms with Crippen molar-refractivity contribution in [2.24, 2.45) is 5.41 Å². The molecule has 0 saturated carbocycles. The molecule has 98 valence electrons. The van der Waals surface area contributed by atoms with Crippen molar-refractivity contribution in [3.05, 3.63) is 17.8 Å². The van der Waals surface area contributed by atoms with Crippen LogP contribution in [0.25, 0.3) is 10.2 Å². The Hall–Kier alpha value is -1.20. The van der Waals surface area contributed by atoms with E-state index in [0.717, 1.165) is 35.6 Å². The highest BCUT2D eigenvalue weighted by Crippen LogP contribution is 2.27. The lowest BCUT2D eigenvalue weighted by Crippen LogP contribution is -2.25. The van der Waals surface area contributed by atoms with Crippen LogP contribution in [0, 0.1) is 5.41 Å². The molecule has 4 nitrogen and oxygen atoms in total. The number of hydrogen-bond donors (Lipinski definition) is 1. The van der Waals surface area contributed by atoms with Crippen LogP contribution in [-0.4, -0.2) is 30.2 Å². The summed E-state index contributed by atoms with van der Waals surface area (Å²) in [6.45, 7) is 6.12. The van der Waals surface area contributed by atoms with Gasteiger partial charge in [0.1, 0.15) is 12.1 Å². The molecule has 0 bridgehead atoms. The molecule has 5 heteroatoms. The van der Waals surface area contributed by atoms with Gasteiger partial charge in [0.25, 0.3) is 0 Å². The Morgan fingerprint density at radius 2 is 2.22 bits per heavy atom. The van der Waals surface area contributed by atoms with Crippen molar-refractivity contribution in [1.82, 2.24) is 9.97 Å². The number of rotatable bonds is 6. The fourth-order valence-electron chi connectivity index (χ4n) is 1.70. The first-order valence-electron chi connectivity index (χ1n) is 6.03. The number of anilines is 1. The first kappa shape index (κ1) is 13.2. The Morgan fingerprint density at radius 3 is 3.00 bits per heavy atom. The van der Waals surface area contributed by atoms with E-state index in [1.165, 1.54) is 0 Å². The lowest BCUT2D eigenvalue weighted by Gasteiger charge is -2.24. The van der Waals surface area contributed by atoms with E-state index in [1.807, 2.05) is 11.4 Å². The lowest BCUT2D eigenvalue weighted by molar-refractivity contribution is 0.157. The molecule has 0 aliphatic heterocycles. The smallest absolute Gasteiger partial charge is 0.147 e. The molecule has 2 aromatic rings. The number of hydrogen-bond acceptors (Lipinski definition) is 5. The van der Waals surface area contributed by atoms with Crippen LogP contribution in [0.1, 0.15) is 20.3 Å². The second-order valence-electron chi connectivity index (χ2n) is 5.12. The van der Waals surface area contributed by atoms with Gasteiger partial charge in [-0.25, -0.2) is 9.97 Å². The van der Waals surface area contributed by atoms with E-state index >= 15 is 0 Å². The molecule has 0 saturated heterocycles. The van der Waals surface area contributed by atoms with Crippen molar-refractivity contribution < 1.29 is 4.74 Å². The Morgan fingerprint density at radius 1 is 1.39 bits per heavy atom. The number of nitrogens with zero attached hydrogens (tertiary/aromatic N) is 2. The van der Waals surface area contributed by atoms with Crippen molar-refractivity contribution >= 4 is 27.4 Å². The molecule has 0 fully saturated rings. The van der Waals surface area contributed by atoms with Gasteiger partial charge in [0.05, 0.1) is 10.2 Å². The fraction of sp³-hybridized carbons (Fsp3) is 0.538. The van der Waals surface area contributed by atoms with Gasteiger partial charge >= 0.3 is 0 Å². The van der Waals surface area contributed by atoms with E-state index < -0.39 is 0 Å². The molecule has 0 aliphatic carbocycles. The van der Waals surface area contributed by atoms with Gasteiger partial charge in [-0.05, 0) is 23.3 Å². The minimum atomic E-state index is 0.185. The number of thiophene rings is 1. The molecular weight excluding hydrogens is 246 g/mol. The Balaban J connectivity index is 2.03. The van der Waals surface area contributed by atoms with Crippen molar-refractivity contribution in [2.75, 3.05) is 25.6 Å². The minimum Gasteiger partial charge on any atom is -0.385 e. The summed E-state index contributed by atoms with van der Waals surface area (Å²) < 4.78 is 6.26. The number of aromatic nitrogens is 2. The zero-order valence-corrected chi connectivity index (χ0v) is 11.9. The predicted molar refractivity (Wildman–Crippen MR) is 76.2 cm³/mol. The summed E-state index contributed by atoms with van der Waals surface area (Å²) in [6, 6.07) is 2.02. The first-order valence-corrected chi connectivity index (χ1v) is 6.91. The summed E-state index contributed by atoms with van der Waals surface area (Å²) in [7, 11) is 1.74. The number of ether oxygens (including phenoxy) is 1. The maximum absolute atomic E-state index is 5.14. The second-order valence-corrected chi connectivity index (χ2v) is 6.03. The molecular formula is C13H19N3OS. The van der Waals surface area contributed by atoms with Crippen LogP contribution in [0.15, 0.2) is 17.8 Å². The van der Waals surface area contributed by atoms with Gasteiger partial charge in [-0.2, -0.15) is 0 Å². The molecule has 1 N–H and O–H groups in total. The van der Waals surface area contributed by atoms with E-state index in [2.05, 4.69) is 29.1 Å². The Bertz CT molecular complexity index is 510. The van der Waals surface area contributed by atoms with Crippen molar-refractivity contribution in [3.63, 3.8) is 0 Å². The quantitative estimate of drug-likeness (QED) is 0.871. The van der Waals surface area contributed by atoms with Gasteiger partial charge in [0, 0.05) is 20.3 Å². The molecule has 0 atom stereocenters. The summed E-state index contributed by atoms with van der Waals surface area (Å²) in [4.78, 5) is 8.55. The van der Waals surface area contributed by atoms with Crippen LogP contribution >= 0.6 is 11.3 Å². The molecule has 2 rings (SSSR count). The van der Waals surface area contributed by atoms with Gasteiger partial charge in [0.15, 0.2) is 0 Å². The second kappa shape index (κ2) is 5.63. The maximum Gasteiger partial charge on any atom is 0.147 e. The van der Waals surface area contributed by atoms with Crippen LogP contribution in [0.5, 0.6) is 0 Å². The summed E-state index contributed by atoms with van der Waals surface area (Å²) in [6.07, 6.45) is 2.63. The van der Waals surface area contributed by atoms with E-state index in [-0.39, 0.29) is 5.41 Å². The van der Waals surface area contributed by atoms with Crippen molar-refractivity contribution in [3.8, 4) is 0 Å². The first-order chi connectivity index (χ1) is 8.62. The number of fused-ring (bicyclic) bond motifs is 1. The van der Waals surface area contributed by atoms with Gasteiger partial charge < -0.3 is 10.1 Å². The lowest BCUT2D eigenvalue weighted by atomic mass is 9.90. The Labute approximate surface area is 111 Å². The largest absolute Gasteiger partial charge is 0.385 e. The minimum absolute atomic E-state index is 0.185. The number of nitrogens with one attached hydrogen (secondary N) is 1. The third-order valence-electron chi connectivity index (χ3n) is 2.96. The normalized spacial score (nSPS) is 11.9. The number of methoxy groups -OCH3 is 1. The molecule has 18 heavy (non-hydrogen) atoms. The molecule has 0 spiro atoms. The van der Waals surface area contributed by atoms with Gasteiger partial charge in [-0.3, -0.25) is 0 Å². The Kier molecular flexibility index (Phi) is 4.14. The predicted octanol–water partition coefficient (Wildman–Crippen LogP) is 3.17. The highest BCUT2D eigenvalue weighted by atomic mass is 32.1. The zero-order chi connectivity index (χ0) is 13.0. The summed E-state index contributed by atoms with van der Waals surface area (Å²) >= 11 is 1.67. The van der Waals surface area contributed by atoms with Crippen molar-refractivity contribution in [1.29, 1.82) is 0 Å². The molecule has 0 aromatic carbocycles. The monoisotopic (exact) mass is 265 g/mol. The van der Waals surface area contributed by atoms with Crippen LogP contribution in [0.2, 0.25) is 0 Å². The molecule has 0 amide bonds. The fourth-order valence-corrected chi connectivity index (χ4v) is 2.52. The molecule has 0 unspecified atom stereocenters. The molecule has 2 aromatic heterocycles. The summed E-state index contributed by atoms with van der Waals surface area (Å²) in [5.41, 5.74) is 1.19. The van der Waals surface area contributed by atoms with E-state index in [9.17, 15) is 0 Å². The van der Waals surface area contributed by atoms with Crippen LogP contribution in [0.4, 0.5) is 5.82 Å². The standard InChI is InChI=1S/C13H19N3OS/c1-13(2,5-6-17-3)8-14-12-11-10(4-7-18-11)15-9-16-12/h4,7,9H,5-6,8H2,1-3H3,(H,14,15,16).